The van der Waals surface area contributed by atoms with Crippen LogP contribution in [0.5, 0.6) is 0 Å². The zero-order valence-corrected chi connectivity index (χ0v) is 12.4. The molecule has 0 bridgehead atoms. The van der Waals surface area contributed by atoms with Crippen molar-refractivity contribution in [2.75, 3.05) is 0 Å². The normalized spacial score (nSPS) is 11.9. The van der Waals surface area contributed by atoms with E-state index in [2.05, 4.69) is 10.4 Å². The molecule has 1 aromatic carbocycles. The molecule has 0 saturated heterocycles. The number of aliphatic carboxylic acids is 1. The molecule has 0 aliphatic rings. The molecule has 116 valence electrons. The molecule has 0 fully saturated rings. The molecule has 2 aromatic rings. The highest BCUT2D eigenvalue weighted by Crippen LogP contribution is 2.08. The van der Waals surface area contributed by atoms with Crippen molar-refractivity contribution >= 4 is 11.9 Å². The third-order valence-corrected chi connectivity index (χ3v) is 3.22. The minimum atomic E-state index is -0.856. The van der Waals surface area contributed by atoms with Crippen LogP contribution in [0.15, 0.2) is 42.7 Å². The second-order valence-corrected chi connectivity index (χ2v) is 5.21. The van der Waals surface area contributed by atoms with Crippen LogP contribution in [0.4, 0.5) is 0 Å². The molecule has 22 heavy (non-hydrogen) atoms. The minimum absolute atomic E-state index is 0.0490. The fourth-order valence-corrected chi connectivity index (χ4v) is 2.10. The second kappa shape index (κ2) is 7.40. The Labute approximate surface area is 128 Å². The predicted molar refractivity (Wildman–Crippen MR) is 81.7 cm³/mol. The Morgan fingerprint density at radius 3 is 2.73 bits per heavy atom. The van der Waals surface area contributed by atoms with Gasteiger partial charge in [-0.3, -0.25) is 9.59 Å². The average molecular weight is 301 g/mol. The average Bonchev–Trinajstić information content (AvgIpc) is 2.94. The molecule has 6 heteroatoms. The van der Waals surface area contributed by atoms with Crippen molar-refractivity contribution in [3.8, 4) is 5.69 Å². The third-order valence-electron chi connectivity index (χ3n) is 3.22. The number of nitrogens with zero attached hydrogens (tertiary/aromatic N) is 2. The largest absolute Gasteiger partial charge is 0.481 e. The fraction of sp³-hybridized carbons (Fsp3) is 0.312. The van der Waals surface area contributed by atoms with Crippen molar-refractivity contribution in [1.29, 1.82) is 0 Å². The fourth-order valence-electron chi connectivity index (χ4n) is 2.10. The first kappa shape index (κ1) is 15.8. The molecule has 1 heterocycles. The van der Waals surface area contributed by atoms with Crippen LogP contribution < -0.4 is 5.32 Å². The van der Waals surface area contributed by atoms with E-state index >= 15 is 0 Å². The molecule has 0 radical (unpaired) electrons. The lowest BCUT2D eigenvalue weighted by molar-refractivity contribution is -0.137. The van der Waals surface area contributed by atoms with Crippen LogP contribution in [0.2, 0.25) is 0 Å². The molecule has 1 aromatic heterocycles. The maximum atomic E-state index is 11.9. The van der Waals surface area contributed by atoms with Crippen LogP contribution in [0.3, 0.4) is 0 Å². The Morgan fingerprint density at radius 1 is 1.32 bits per heavy atom. The van der Waals surface area contributed by atoms with Gasteiger partial charge in [-0.05, 0) is 31.0 Å². The SMILES string of the molecule is CC(CCC(=O)O)NC(=O)Cc1cnn(-c2ccccc2)c1. The van der Waals surface area contributed by atoms with Crippen molar-refractivity contribution in [3.05, 3.63) is 48.3 Å². The first-order chi connectivity index (χ1) is 10.5. The molecular formula is C16H19N3O3. The number of nitrogens with one attached hydrogen (secondary N) is 1. The summed E-state index contributed by atoms with van der Waals surface area (Å²) in [7, 11) is 0. The smallest absolute Gasteiger partial charge is 0.303 e. The summed E-state index contributed by atoms with van der Waals surface area (Å²) in [5.41, 5.74) is 1.75. The summed E-state index contributed by atoms with van der Waals surface area (Å²) in [5, 5.41) is 15.6. The van der Waals surface area contributed by atoms with Gasteiger partial charge < -0.3 is 10.4 Å². The van der Waals surface area contributed by atoms with Gasteiger partial charge in [-0.15, -0.1) is 0 Å². The van der Waals surface area contributed by atoms with E-state index in [0.29, 0.717) is 6.42 Å². The van der Waals surface area contributed by atoms with E-state index in [1.54, 1.807) is 17.8 Å². The van der Waals surface area contributed by atoms with Gasteiger partial charge in [0.15, 0.2) is 0 Å². The van der Waals surface area contributed by atoms with Crippen LogP contribution in [0, 0.1) is 0 Å². The van der Waals surface area contributed by atoms with Crippen molar-refractivity contribution in [1.82, 2.24) is 15.1 Å². The maximum Gasteiger partial charge on any atom is 0.303 e. The predicted octanol–water partition coefficient (Wildman–Crippen LogP) is 1.78. The van der Waals surface area contributed by atoms with Gasteiger partial charge in [0.1, 0.15) is 0 Å². The number of aromatic nitrogens is 2. The molecule has 6 nitrogen and oxygen atoms in total. The van der Waals surface area contributed by atoms with Crippen LogP contribution >= 0.6 is 0 Å². The molecule has 2 rings (SSSR count). The number of benzene rings is 1. The summed E-state index contributed by atoms with van der Waals surface area (Å²) in [5.74, 6) is -0.990. The van der Waals surface area contributed by atoms with Crippen molar-refractivity contribution in [2.24, 2.45) is 0 Å². The summed E-state index contributed by atoms with van der Waals surface area (Å²) in [6, 6.07) is 9.49. The molecule has 0 saturated carbocycles. The number of hydrogen-bond donors (Lipinski definition) is 2. The lowest BCUT2D eigenvalue weighted by atomic mass is 10.1. The van der Waals surface area contributed by atoms with E-state index in [1.165, 1.54) is 0 Å². The summed E-state index contributed by atoms with van der Waals surface area (Å²) >= 11 is 0. The van der Waals surface area contributed by atoms with Crippen molar-refractivity contribution in [3.63, 3.8) is 0 Å². The van der Waals surface area contributed by atoms with Gasteiger partial charge in [0.25, 0.3) is 0 Å². The van der Waals surface area contributed by atoms with Gasteiger partial charge in [-0.1, -0.05) is 18.2 Å². The molecular weight excluding hydrogens is 282 g/mol. The number of carboxylic acids is 1. The van der Waals surface area contributed by atoms with Crippen molar-refractivity contribution in [2.45, 2.75) is 32.2 Å². The Kier molecular flexibility index (Phi) is 5.30. The van der Waals surface area contributed by atoms with Gasteiger partial charge in [0, 0.05) is 18.7 Å². The van der Waals surface area contributed by atoms with Crippen LogP contribution in [0.25, 0.3) is 5.69 Å². The van der Waals surface area contributed by atoms with Crippen LogP contribution in [-0.4, -0.2) is 32.8 Å². The Bertz CT molecular complexity index is 637. The third kappa shape index (κ3) is 4.73. The number of para-hydroxylation sites is 1. The van der Waals surface area contributed by atoms with Gasteiger partial charge in [-0.25, -0.2) is 4.68 Å². The molecule has 0 spiro atoms. The highest BCUT2D eigenvalue weighted by Gasteiger charge is 2.11. The standard InChI is InChI=1S/C16H19N3O3/c1-12(7-8-16(21)22)18-15(20)9-13-10-17-19(11-13)14-5-3-2-4-6-14/h2-6,10-12H,7-9H2,1H3,(H,18,20)(H,21,22). The Morgan fingerprint density at radius 2 is 2.05 bits per heavy atom. The van der Waals surface area contributed by atoms with E-state index in [1.807, 2.05) is 36.5 Å². The summed E-state index contributed by atoms with van der Waals surface area (Å²) in [6.07, 6.45) is 4.17. The van der Waals surface area contributed by atoms with Gasteiger partial charge in [0.2, 0.25) is 5.91 Å². The van der Waals surface area contributed by atoms with E-state index in [4.69, 9.17) is 5.11 Å². The topological polar surface area (TPSA) is 84.2 Å². The number of amides is 1. The monoisotopic (exact) mass is 301 g/mol. The lowest BCUT2D eigenvalue weighted by Gasteiger charge is -2.12. The molecule has 0 aliphatic heterocycles. The molecule has 1 unspecified atom stereocenters. The Hall–Kier alpha value is -2.63. The van der Waals surface area contributed by atoms with Gasteiger partial charge >= 0.3 is 5.97 Å². The number of carbonyl (C=O) groups excluding carboxylic acids is 1. The highest BCUT2D eigenvalue weighted by atomic mass is 16.4. The zero-order chi connectivity index (χ0) is 15.9. The zero-order valence-electron chi connectivity index (χ0n) is 12.4. The summed E-state index contributed by atoms with van der Waals surface area (Å²) in [4.78, 5) is 22.4. The van der Waals surface area contributed by atoms with Gasteiger partial charge in [-0.2, -0.15) is 5.10 Å². The quantitative estimate of drug-likeness (QED) is 0.816. The number of carbonyl (C=O) groups is 2. The summed E-state index contributed by atoms with van der Waals surface area (Å²) in [6.45, 7) is 1.80. The number of rotatable bonds is 7. The van der Waals surface area contributed by atoms with E-state index in [-0.39, 0.29) is 24.8 Å². The van der Waals surface area contributed by atoms with Crippen molar-refractivity contribution < 1.29 is 14.7 Å². The highest BCUT2D eigenvalue weighted by molar-refractivity contribution is 5.78. The van der Waals surface area contributed by atoms with Crippen LogP contribution in [-0.2, 0) is 16.0 Å². The van der Waals surface area contributed by atoms with Crippen LogP contribution in [0.1, 0.15) is 25.3 Å². The maximum absolute atomic E-state index is 11.9. The first-order valence-electron chi connectivity index (χ1n) is 7.14. The molecule has 1 atom stereocenters. The van der Waals surface area contributed by atoms with E-state index in [9.17, 15) is 9.59 Å². The first-order valence-corrected chi connectivity index (χ1v) is 7.14. The Balaban J connectivity index is 1.87. The van der Waals surface area contributed by atoms with E-state index in [0.717, 1.165) is 11.3 Å². The molecule has 0 aliphatic carbocycles. The minimum Gasteiger partial charge on any atom is -0.481 e. The lowest BCUT2D eigenvalue weighted by Crippen LogP contribution is -2.34. The van der Waals surface area contributed by atoms with Gasteiger partial charge in [0.05, 0.1) is 18.3 Å². The number of hydrogen-bond acceptors (Lipinski definition) is 3. The molecule has 2 N–H and O–H groups in total. The summed E-state index contributed by atoms with van der Waals surface area (Å²) < 4.78 is 1.72. The van der Waals surface area contributed by atoms with E-state index < -0.39 is 5.97 Å². The second-order valence-electron chi connectivity index (χ2n) is 5.21. The molecule has 1 amide bonds. The number of carboxylic acid groups (broad SMARTS) is 1.